The summed E-state index contributed by atoms with van der Waals surface area (Å²) in [5.41, 5.74) is 8.00. The lowest BCUT2D eigenvalue weighted by atomic mass is 10.1. The number of para-hydroxylation sites is 1. The summed E-state index contributed by atoms with van der Waals surface area (Å²) in [5, 5.41) is 2.10. The fourth-order valence-electron chi connectivity index (χ4n) is 1.92. The highest BCUT2D eigenvalue weighted by Crippen LogP contribution is 2.25. The molecule has 2 aromatic heterocycles. The molecule has 19 heavy (non-hydrogen) atoms. The Labute approximate surface area is 115 Å². The lowest BCUT2D eigenvalue weighted by molar-refractivity contribution is 0.790. The lowest BCUT2D eigenvalue weighted by Crippen LogP contribution is -1.98. The highest BCUT2D eigenvalue weighted by Gasteiger charge is 2.06. The maximum absolute atomic E-state index is 6.01. The minimum absolute atomic E-state index is 0.598. The number of nitrogens with zero attached hydrogens (tertiary/aromatic N) is 3. The summed E-state index contributed by atoms with van der Waals surface area (Å²) < 4.78 is 2.00. The Hall–Kier alpha value is -2.01. The van der Waals surface area contributed by atoms with Gasteiger partial charge in [0.2, 0.25) is 0 Å². The highest BCUT2D eigenvalue weighted by atomic mass is 32.2. The van der Waals surface area contributed by atoms with Crippen molar-refractivity contribution in [3.63, 3.8) is 0 Å². The largest absolute Gasteiger partial charge is 0.383 e. The zero-order chi connectivity index (χ0) is 13.2. The fourth-order valence-corrected chi connectivity index (χ4v) is 2.84. The highest BCUT2D eigenvalue weighted by molar-refractivity contribution is 7.98. The van der Waals surface area contributed by atoms with Crippen molar-refractivity contribution in [1.82, 2.24) is 14.5 Å². The number of nitrogens with two attached hydrogens (primary N) is 1. The van der Waals surface area contributed by atoms with E-state index in [-0.39, 0.29) is 0 Å². The molecule has 5 heteroatoms. The second-order valence-electron chi connectivity index (χ2n) is 4.33. The maximum atomic E-state index is 6.01. The summed E-state index contributed by atoms with van der Waals surface area (Å²) in [6, 6.07) is 10.1. The van der Waals surface area contributed by atoms with E-state index in [1.807, 2.05) is 36.0 Å². The summed E-state index contributed by atoms with van der Waals surface area (Å²) in [6.07, 6.45) is 3.73. The van der Waals surface area contributed by atoms with Gasteiger partial charge in [-0.2, -0.15) is 0 Å². The molecule has 0 unspecified atom stereocenters. The van der Waals surface area contributed by atoms with Crippen LogP contribution in [0, 0.1) is 0 Å². The van der Waals surface area contributed by atoms with E-state index in [0.717, 1.165) is 27.4 Å². The quantitative estimate of drug-likeness (QED) is 0.743. The van der Waals surface area contributed by atoms with E-state index < -0.39 is 0 Å². The van der Waals surface area contributed by atoms with Gasteiger partial charge in [0.25, 0.3) is 0 Å². The van der Waals surface area contributed by atoms with Crippen LogP contribution in [-0.2, 0) is 12.8 Å². The van der Waals surface area contributed by atoms with Gasteiger partial charge >= 0.3 is 0 Å². The van der Waals surface area contributed by atoms with Crippen molar-refractivity contribution < 1.29 is 0 Å². The number of aromatic nitrogens is 3. The van der Waals surface area contributed by atoms with Crippen molar-refractivity contribution in [2.75, 3.05) is 5.73 Å². The number of fused-ring (bicyclic) bond motifs is 1. The second-order valence-corrected chi connectivity index (χ2v) is 5.28. The molecule has 0 aliphatic heterocycles. The van der Waals surface area contributed by atoms with Crippen LogP contribution < -0.4 is 5.73 Å². The van der Waals surface area contributed by atoms with Gasteiger partial charge in [-0.15, -0.1) is 0 Å². The van der Waals surface area contributed by atoms with Gasteiger partial charge in [0.05, 0.1) is 5.52 Å². The molecule has 0 bridgehead atoms. The molecule has 0 saturated heterocycles. The normalized spacial score (nSPS) is 11.0. The number of hydrogen-bond donors (Lipinski definition) is 1. The second kappa shape index (κ2) is 4.93. The van der Waals surface area contributed by atoms with Gasteiger partial charge in [0.1, 0.15) is 5.82 Å². The van der Waals surface area contributed by atoms with E-state index in [1.165, 1.54) is 0 Å². The van der Waals surface area contributed by atoms with E-state index in [2.05, 4.69) is 22.1 Å². The zero-order valence-corrected chi connectivity index (χ0v) is 11.4. The van der Waals surface area contributed by atoms with E-state index in [4.69, 9.17) is 5.73 Å². The standard InChI is InChI=1S/C14H14N4S/c1-18-7-6-16-14(18)19-9-11-8-10-4-2-3-5-12(10)17-13(11)15/h2-8H,9H2,1H3,(H2,15,17). The Morgan fingerprint density at radius 3 is 2.95 bits per heavy atom. The van der Waals surface area contributed by atoms with Crippen LogP contribution in [0.3, 0.4) is 0 Å². The first-order valence-corrected chi connectivity index (χ1v) is 6.97. The van der Waals surface area contributed by atoms with Gasteiger partial charge in [-0.1, -0.05) is 30.0 Å². The van der Waals surface area contributed by atoms with Gasteiger partial charge in [0.15, 0.2) is 5.16 Å². The Morgan fingerprint density at radius 2 is 2.16 bits per heavy atom. The lowest BCUT2D eigenvalue weighted by Gasteiger charge is -2.07. The van der Waals surface area contributed by atoms with Gasteiger partial charge in [-0.3, -0.25) is 0 Å². The number of anilines is 1. The van der Waals surface area contributed by atoms with Crippen molar-refractivity contribution in [2.24, 2.45) is 7.05 Å². The van der Waals surface area contributed by atoms with E-state index in [0.29, 0.717) is 5.82 Å². The molecule has 2 heterocycles. The minimum atomic E-state index is 0.598. The van der Waals surface area contributed by atoms with Crippen LogP contribution >= 0.6 is 11.8 Å². The Bertz CT molecular complexity index is 720. The molecule has 0 spiro atoms. The third kappa shape index (κ3) is 2.42. The van der Waals surface area contributed by atoms with Crippen molar-refractivity contribution in [3.8, 4) is 0 Å². The minimum Gasteiger partial charge on any atom is -0.383 e. The molecule has 2 N–H and O–H groups in total. The average molecular weight is 270 g/mol. The topological polar surface area (TPSA) is 56.7 Å². The van der Waals surface area contributed by atoms with Crippen LogP contribution in [0.5, 0.6) is 0 Å². The number of pyridine rings is 1. The maximum Gasteiger partial charge on any atom is 0.167 e. The first-order valence-electron chi connectivity index (χ1n) is 5.98. The fraction of sp³-hybridized carbons (Fsp3) is 0.143. The first-order chi connectivity index (χ1) is 9.24. The Balaban J connectivity index is 1.88. The molecule has 3 aromatic rings. The third-order valence-corrected chi connectivity index (χ3v) is 4.08. The molecule has 0 aliphatic rings. The summed E-state index contributed by atoms with van der Waals surface area (Å²) in [7, 11) is 1.98. The average Bonchev–Trinajstić information content (AvgIpc) is 2.82. The first kappa shape index (κ1) is 12.0. The molecular weight excluding hydrogens is 256 g/mol. The van der Waals surface area contributed by atoms with Gasteiger partial charge in [-0.05, 0) is 12.1 Å². The molecule has 0 radical (unpaired) electrons. The van der Waals surface area contributed by atoms with Crippen LogP contribution in [0.15, 0.2) is 47.9 Å². The third-order valence-electron chi connectivity index (χ3n) is 2.97. The number of benzene rings is 1. The molecule has 1 aromatic carbocycles. The molecule has 3 rings (SSSR count). The van der Waals surface area contributed by atoms with Crippen LogP contribution in [0.1, 0.15) is 5.56 Å². The Morgan fingerprint density at radius 1 is 1.32 bits per heavy atom. The van der Waals surface area contributed by atoms with Gasteiger partial charge < -0.3 is 10.3 Å². The molecule has 96 valence electrons. The summed E-state index contributed by atoms with van der Waals surface area (Å²) >= 11 is 1.66. The number of aryl methyl sites for hydroxylation is 1. The summed E-state index contributed by atoms with van der Waals surface area (Å²) in [5.74, 6) is 1.37. The molecule has 0 fully saturated rings. The van der Waals surface area contributed by atoms with E-state index >= 15 is 0 Å². The molecule has 0 aliphatic carbocycles. The summed E-state index contributed by atoms with van der Waals surface area (Å²) in [4.78, 5) is 8.72. The van der Waals surface area contributed by atoms with Gasteiger partial charge in [-0.25, -0.2) is 9.97 Å². The van der Waals surface area contributed by atoms with Crippen LogP contribution in [0.2, 0.25) is 0 Å². The predicted octanol–water partition coefficient (Wildman–Crippen LogP) is 2.84. The van der Waals surface area contributed by atoms with Crippen LogP contribution in [-0.4, -0.2) is 14.5 Å². The smallest absolute Gasteiger partial charge is 0.167 e. The number of thioether (sulfide) groups is 1. The van der Waals surface area contributed by atoms with Crippen molar-refractivity contribution in [3.05, 3.63) is 48.3 Å². The van der Waals surface area contributed by atoms with Gasteiger partial charge in [0, 0.05) is 36.1 Å². The molecule has 4 nitrogen and oxygen atoms in total. The number of hydrogen-bond acceptors (Lipinski definition) is 4. The van der Waals surface area contributed by atoms with E-state index in [9.17, 15) is 0 Å². The van der Waals surface area contributed by atoms with Crippen molar-refractivity contribution in [1.29, 1.82) is 0 Å². The monoisotopic (exact) mass is 270 g/mol. The Kier molecular flexibility index (Phi) is 3.13. The van der Waals surface area contributed by atoms with Crippen molar-refractivity contribution in [2.45, 2.75) is 10.9 Å². The zero-order valence-electron chi connectivity index (χ0n) is 10.6. The predicted molar refractivity (Wildman–Crippen MR) is 78.9 cm³/mol. The van der Waals surface area contributed by atoms with Crippen LogP contribution in [0.4, 0.5) is 5.82 Å². The van der Waals surface area contributed by atoms with Crippen LogP contribution in [0.25, 0.3) is 10.9 Å². The molecule has 0 saturated carbocycles. The molecular formula is C14H14N4S. The molecule has 0 atom stereocenters. The molecule has 0 amide bonds. The number of rotatable bonds is 3. The SMILES string of the molecule is Cn1ccnc1SCc1cc2ccccc2nc1N. The summed E-state index contributed by atoms with van der Waals surface area (Å²) in [6.45, 7) is 0. The number of imidazole rings is 1. The van der Waals surface area contributed by atoms with Crippen molar-refractivity contribution >= 4 is 28.5 Å². The number of nitrogen functional groups attached to an aromatic ring is 1. The van der Waals surface area contributed by atoms with E-state index in [1.54, 1.807) is 18.0 Å².